The van der Waals surface area contributed by atoms with E-state index in [-0.39, 0.29) is 0 Å². The maximum Gasteiger partial charge on any atom is -0.00460 e. The van der Waals surface area contributed by atoms with Gasteiger partial charge in [0, 0.05) is 0 Å². The van der Waals surface area contributed by atoms with Crippen LogP contribution in [0.4, 0.5) is 0 Å². The highest BCUT2D eigenvalue weighted by molar-refractivity contribution is 7.17. The van der Waals surface area contributed by atoms with E-state index in [0.29, 0.717) is 0 Å². The van der Waals surface area contributed by atoms with Crippen LogP contribution in [0.2, 0.25) is 0 Å². The van der Waals surface area contributed by atoms with Gasteiger partial charge in [-0.1, -0.05) is 13.3 Å². The van der Waals surface area contributed by atoms with Crippen molar-refractivity contribution in [2.75, 3.05) is 6.54 Å². The van der Waals surface area contributed by atoms with Crippen LogP contribution in [0.25, 0.3) is 0 Å². The summed E-state index contributed by atoms with van der Waals surface area (Å²) in [6.45, 7) is 3.18. The molecule has 0 amide bonds. The van der Waals surface area contributed by atoms with Crippen LogP contribution in [-0.2, 0) is 0 Å². The summed E-state index contributed by atoms with van der Waals surface area (Å²) in [7, 11) is 2.94. The molecule has 4 atom stereocenters. The first-order valence-corrected chi connectivity index (χ1v) is 5.40. The van der Waals surface area contributed by atoms with Crippen molar-refractivity contribution < 1.29 is 0 Å². The molecule has 4 unspecified atom stereocenters. The van der Waals surface area contributed by atoms with Gasteiger partial charge in [0.1, 0.15) is 0 Å². The third kappa shape index (κ3) is 2.42. The van der Waals surface area contributed by atoms with Gasteiger partial charge >= 0.3 is 0 Å². The summed E-state index contributed by atoms with van der Waals surface area (Å²) in [4.78, 5) is 0. The van der Waals surface area contributed by atoms with Crippen molar-refractivity contribution in [3.05, 3.63) is 0 Å². The van der Waals surface area contributed by atoms with Crippen LogP contribution in [0.15, 0.2) is 0 Å². The van der Waals surface area contributed by atoms with Crippen molar-refractivity contribution in [3.8, 4) is 0 Å². The monoisotopic (exact) mass is 173 g/mol. The van der Waals surface area contributed by atoms with Crippen LogP contribution in [0, 0.1) is 11.8 Å². The Bertz CT molecular complexity index is 116. The Kier molecular flexibility index (Phi) is 3.81. The summed E-state index contributed by atoms with van der Waals surface area (Å²) < 4.78 is 0. The maximum absolute atomic E-state index is 5.72. The molecule has 0 bridgehead atoms. The molecule has 0 saturated heterocycles. The fourth-order valence-electron chi connectivity index (χ4n) is 2.19. The summed E-state index contributed by atoms with van der Waals surface area (Å²) in [6, 6.07) is 0. The standard InChI is InChI=1S/C9H20NP/c1-2-7-3-4-9(11)5-8(7)6-10/h7-9H,2-6,10-11H2,1H3. The summed E-state index contributed by atoms with van der Waals surface area (Å²) in [5, 5.41) is 0. The van der Waals surface area contributed by atoms with Crippen LogP contribution in [0.3, 0.4) is 0 Å². The lowest BCUT2D eigenvalue weighted by Crippen LogP contribution is -2.30. The fourth-order valence-corrected chi connectivity index (χ4v) is 2.73. The molecule has 1 aliphatic carbocycles. The fraction of sp³-hybridized carbons (Fsp3) is 1.00. The van der Waals surface area contributed by atoms with Gasteiger partial charge < -0.3 is 5.73 Å². The first-order chi connectivity index (χ1) is 5.27. The lowest BCUT2D eigenvalue weighted by molar-refractivity contribution is 0.242. The Morgan fingerprint density at radius 2 is 2.09 bits per heavy atom. The highest BCUT2D eigenvalue weighted by Gasteiger charge is 2.25. The SMILES string of the molecule is CCC1CCC(P)CC1CN. The summed E-state index contributed by atoms with van der Waals surface area (Å²) in [6.07, 6.45) is 5.44. The van der Waals surface area contributed by atoms with E-state index in [2.05, 4.69) is 16.2 Å². The third-order valence-corrected chi connectivity index (χ3v) is 3.61. The highest BCUT2D eigenvalue weighted by Crippen LogP contribution is 2.34. The summed E-state index contributed by atoms with van der Waals surface area (Å²) >= 11 is 0. The van der Waals surface area contributed by atoms with Crippen LogP contribution >= 0.6 is 9.24 Å². The van der Waals surface area contributed by atoms with E-state index in [1.807, 2.05) is 0 Å². The molecule has 1 nitrogen and oxygen atoms in total. The molecular formula is C9H20NP. The molecule has 0 aromatic carbocycles. The zero-order chi connectivity index (χ0) is 8.27. The van der Waals surface area contributed by atoms with Gasteiger partial charge in [-0.05, 0) is 43.3 Å². The molecule has 11 heavy (non-hydrogen) atoms. The smallest absolute Gasteiger partial charge is 0.00460 e. The molecule has 1 aliphatic rings. The van der Waals surface area contributed by atoms with Gasteiger partial charge in [0.15, 0.2) is 0 Å². The van der Waals surface area contributed by atoms with Crippen LogP contribution in [-0.4, -0.2) is 12.2 Å². The highest BCUT2D eigenvalue weighted by atomic mass is 31.0. The lowest BCUT2D eigenvalue weighted by atomic mass is 9.78. The molecule has 0 spiro atoms. The van der Waals surface area contributed by atoms with E-state index in [0.717, 1.165) is 24.0 Å². The Balaban J connectivity index is 2.41. The Labute approximate surface area is 72.3 Å². The molecular weight excluding hydrogens is 153 g/mol. The maximum atomic E-state index is 5.72. The van der Waals surface area contributed by atoms with Crippen molar-refractivity contribution in [2.45, 2.75) is 38.3 Å². The lowest BCUT2D eigenvalue weighted by Gasteiger charge is -2.33. The van der Waals surface area contributed by atoms with E-state index < -0.39 is 0 Å². The molecule has 0 aromatic heterocycles. The van der Waals surface area contributed by atoms with E-state index in [4.69, 9.17) is 5.73 Å². The van der Waals surface area contributed by atoms with E-state index in [9.17, 15) is 0 Å². The minimum absolute atomic E-state index is 0.802. The van der Waals surface area contributed by atoms with Crippen molar-refractivity contribution in [2.24, 2.45) is 17.6 Å². The van der Waals surface area contributed by atoms with Gasteiger partial charge in [-0.2, -0.15) is 0 Å². The predicted molar refractivity (Wildman–Crippen MR) is 53.7 cm³/mol. The molecule has 1 saturated carbocycles. The number of hydrogen-bond donors (Lipinski definition) is 1. The molecule has 0 aliphatic heterocycles. The average Bonchev–Trinajstić information content (AvgIpc) is 2.04. The second-order valence-electron chi connectivity index (χ2n) is 3.74. The second kappa shape index (κ2) is 4.42. The molecule has 2 heteroatoms. The average molecular weight is 173 g/mol. The molecule has 1 rings (SSSR count). The summed E-state index contributed by atoms with van der Waals surface area (Å²) in [5.41, 5.74) is 6.56. The largest absolute Gasteiger partial charge is 0.330 e. The number of hydrogen-bond acceptors (Lipinski definition) is 1. The molecule has 0 heterocycles. The molecule has 2 N–H and O–H groups in total. The molecule has 0 radical (unpaired) electrons. The minimum Gasteiger partial charge on any atom is -0.330 e. The van der Waals surface area contributed by atoms with Gasteiger partial charge in [-0.3, -0.25) is 0 Å². The zero-order valence-corrected chi connectivity index (χ0v) is 8.58. The van der Waals surface area contributed by atoms with Crippen molar-refractivity contribution >= 4 is 9.24 Å². The molecule has 1 fully saturated rings. The van der Waals surface area contributed by atoms with Crippen LogP contribution in [0.5, 0.6) is 0 Å². The van der Waals surface area contributed by atoms with Crippen LogP contribution in [0.1, 0.15) is 32.6 Å². The second-order valence-corrected chi connectivity index (χ2v) is 4.68. The first-order valence-electron chi connectivity index (χ1n) is 4.73. The van der Waals surface area contributed by atoms with Crippen molar-refractivity contribution in [1.82, 2.24) is 0 Å². The third-order valence-electron chi connectivity index (χ3n) is 3.01. The molecule has 66 valence electrons. The number of nitrogens with two attached hydrogens (primary N) is 1. The van der Waals surface area contributed by atoms with Crippen molar-refractivity contribution in [3.63, 3.8) is 0 Å². The van der Waals surface area contributed by atoms with Crippen molar-refractivity contribution in [1.29, 1.82) is 0 Å². The van der Waals surface area contributed by atoms with E-state index in [1.165, 1.54) is 25.7 Å². The Morgan fingerprint density at radius 3 is 2.64 bits per heavy atom. The quantitative estimate of drug-likeness (QED) is 0.635. The number of rotatable bonds is 2. The van der Waals surface area contributed by atoms with Gasteiger partial charge in [-0.25, -0.2) is 0 Å². The van der Waals surface area contributed by atoms with Gasteiger partial charge in [-0.15, -0.1) is 9.24 Å². The Hall–Kier alpha value is 0.390. The topological polar surface area (TPSA) is 26.0 Å². The predicted octanol–water partition coefficient (Wildman–Crippen LogP) is 2.02. The molecule has 0 aromatic rings. The van der Waals surface area contributed by atoms with E-state index >= 15 is 0 Å². The van der Waals surface area contributed by atoms with Gasteiger partial charge in [0.2, 0.25) is 0 Å². The summed E-state index contributed by atoms with van der Waals surface area (Å²) in [5.74, 6) is 1.72. The van der Waals surface area contributed by atoms with Gasteiger partial charge in [0.05, 0.1) is 0 Å². The normalized spacial score (nSPS) is 39.0. The van der Waals surface area contributed by atoms with Crippen LogP contribution < -0.4 is 5.73 Å². The Morgan fingerprint density at radius 1 is 1.36 bits per heavy atom. The zero-order valence-electron chi connectivity index (χ0n) is 7.42. The van der Waals surface area contributed by atoms with Gasteiger partial charge in [0.25, 0.3) is 0 Å². The first kappa shape index (κ1) is 9.48. The van der Waals surface area contributed by atoms with E-state index in [1.54, 1.807) is 0 Å². The minimum atomic E-state index is 0.802.